The average Bonchev–Trinajstić information content (AvgIpc) is 2.46. The van der Waals surface area contributed by atoms with Crippen molar-refractivity contribution in [1.82, 2.24) is 5.32 Å². The second-order valence-electron chi connectivity index (χ2n) is 4.65. The molecule has 2 rings (SSSR count). The van der Waals surface area contributed by atoms with Crippen molar-refractivity contribution in [3.05, 3.63) is 65.5 Å². The molecule has 106 valence electrons. The number of hydrogen-bond donors (Lipinski definition) is 1. The first-order valence-corrected chi connectivity index (χ1v) is 6.88. The topological polar surface area (TPSA) is 21.3 Å². The van der Waals surface area contributed by atoms with Gasteiger partial charge in [0.1, 0.15) is 11.6 Å². The summed E-state index contributed by atoms with van der Waals surface area (Å²) in [5, 5.41) is 3.28. The van der Waals surface area contributed by atoms with E-state index >= 15 is 0 Å². The monoisotopic (exact) mass is 273 g/mol. The summed E-state index contributed by atoms with van der Waals surface area (Å²) in [5.74, 6) is 0.682. The van der Waals surface area contributed by atoms with Gasteiger partial charge < -0.3 is 10.1 Å². The molecule has 0 aliphatic heterocycles. The number of ether oxygens (including phenoxy) is 1. The van der Waals surface area contributed by atoms with Crippen molar-refractivity contribution in [2.45, 2.75) is 19.4 Å². The summed E-state index contributed by atoms with van der Waals surface area (Å²) in [6.45, 7) is 2.60. The van der Waals surface area contributed by atoms with Crippen molar-refractivity contribution in [3.63, 3.8) is 0 Å². The average molecular weight is 273 g/mol. The van der Waals surface area contributed by atoms with Crippen LogP contribution in [0.25, 0.3) is 0 Å². The van der Waals surface area contributed by atoms with Gasteiger partial charge in [0.15, 0.2) is 0 Å². The molecule has 0 saturated carbocycles. The van der Waals surface area contributed by atoms with Crippen molar-refractivity contribution in [1.29, 1.82) is 0 Å². The zero-order valence-electron chi connectivity index (χ0n) is 11.9. The highest BCUT2D eigenvalue weighted by Gasteiger charge is 2.15. The van der Waals surface area contributed by atoms with Crippen LogP contribution in [-0.4, -0.2) is 13.7 Å². The maximum absolute atomic E-state index is 13.3. The second kappa shape index (κ2) is 7.06. The highest BCUT2D eigenvalue weighted by molar-refractivity contribution is 5.37. The summed E-state index contributed by atoms with van der Waals surface area (Å²) in [7, 11) is 1.91. The van der Waals surface area contributed by atoms with Crippen LogP contribution in [0.5, 0.6) is 5.75 Å². The predicted molar refractivity (Wildman–Crippen MR) is 79.5 cm³/mol. The molecule has 2 nitrogen and oxygen atoms in total. The first-order valence-electron chi connectivity index (χ1n) is 6.88. The van der Waals surface area contributed by atoms with E-state index in [1.54, 1.807) is 12.1 Å². The summed E-state index contributed by atoms with van der Waals surface area (Å²) in [5.41, 5.74) is 2.07. The molecular formula is C17H20FNO. The Balaban J connectivity index is 2.24. The van der Waals surface area contributed by atoms with E-state index in [2.05, 4.69) is 5.32 Å². The van der Waals surface area contributed by atoms with E-state index in [9.17, 15) is 4.39 Å². The number of benzene rings is 2. The normalized spacial score (nSPS) is 12.2. The van der Waals surface area contributed by atoms with Crippen LogP contribution in [0.15, 0.2) is 48.5 Å². The molecule has 0 amide bonds. The lowest BCUT2D eigenvalue weighted by Gasteiger charge is -2.20. The van der Waals surface area contributed by atoms with Gasteiger partial charge in [-0.15, -0.1) is 0 Å². The van der Waals surface area contributed by atoms with E-state index in [0.717, 1.165) is 23.3 Å². The van der Waals surface area contributed by atoms with Gasteiger partial charge in [0.2, 0.25) is 0 Å². The van der Waals surface area contributed by atoms with Gasteiger partial charge in [0.05, 0.1) is 6.61 Å². The molecule has 1 N–H and O–H groups in total. The minimum atomic E-state index is -0.199. The van der Waals surface area contributed by atoms with E-state index < -0.39 is 0 Å². The molecule has 2 aromatic rings. The van der Waals surface area contributed by atoms with Gasteiger partial charge in [-0.1, -0.05) is 30.3 Å². The van der Waals surface area contributed by atoms with Gasteiger partial charge in [0, 0.05) is 11.6 Å². The lowest BCUT2D eigenvalue weighted by molar-refractivity contribution is 0.332. The van der Waals surface area contributed by atoms with Gasteiger partial charge in [-0.3, -0.25) is 0 Å². The van der Waals surface area contributed by atoms with Crippen molar-refractivity contribution in [2.24, 2.45) is 0 Å². The molecule has 1 unspecified atom stereocenters. The van der Waals surface area contributed by atoms with Crippen LogP contribution in [-0.2, 0) is 6.42 Å². The van der Waals surface area contributed by atoms with E-state index in [-0.39, 0.29) is 11.9 Å². The molecule has 0 heterocycles. The lowest BCUT2D eigenvalue weighted by Crippen LogP contribution is -2.19. The molecule has 0 aliphatic rings. The number of likely N-dealkylation sites (N-methyl/N-ethyl adjacent to an activating group) is 1. The van der Waals surface area contributed by atoms with Crippen LogP contribution in [0, 0.1) is 5.82 Å². The van der Waals surface area contributed by atoms with Crippen LogP contribution < -0.4 is 10.1 Å². The molecule has 3 heteroatoms. The molecule has 0 fully saturated rings. The van der Waals surface area contributed by atoms with E-state index in [1.807, 2.05) is 44.3 Å². The zero-order valence-corrected chi connectivity index (χ0v) is 11.9. The summed E-state index contributed by atoms with van der Waals surface area (Å²) < 4.78 is 18.9. The lowest BCUT2D eigenvalue weighted by atomic mass is 9.98. The summed E-state index contributed by atoms with van der Waals surface area (Å²) >= 11 is 0. The Bertz CT molecular complexity index is 556. The molecule has 1 atom stereocenters. The van der Waals surface area contributed by atoms with Crippen LogP contribution in [0.4, 0.5) is 4.39 Å². The largest absolute Gasteiger partial charge is 0.494 e. The van der Waals surface area contributed by atoms with Crippen molar-refractivity contribution < 1.29 is 9.13 Å². The van der Waals surface area contributed by atoms with E-state index in [0.29, 0.717) is 6.61 Å². The molecule has 20 heavy (non-hydrogen) atoms. The van der Waals surface area contributed by atoms with Crippen molar-refractivity contribution in [2.75, 3.05) is 13.7 Å². The standard InChI is InChI=1S/C17H20FNO/c1-3-20-17-10-5-4-9-15(17)16(19-2)12-13-7-6-8-14(18)11-13/h4-11,16,19H,3,12H2,1-2H3. The van der Waals surface area contributed by atoms with Crippen LogP contribution in [0.2, 0.25) is 0 Å². The fourth-order valence-corrected chi connectivity index (χ4v) is 2.32. The van der Waals surface area contributed by atoms with Gasteiger partial charge in [0.25, 0.3) is 0 Å². The highest BCUT2D eigenvalue weighted by Crippen LogP contribution is 2.27. The maximum Gasteiger partial charge on any atom is 0.124 e. The SMILES string of the molecule is CCOc1ccccc1C(Cc1cccc(F)c1)NC. The first kappa shape index (κ1) is 14.5. The Morgan fingerprint density at radius 2 is 1.95 bits per heavy atom. The zero-order chi connectivity index (χ0) is 14.4. The fourth-order valence-electron chi connectivity index (χ4n) is 2.32. The first-order chi connectivity index (χ1) is 9.74. The number of rotatable bonds is 6. The van der Waals surface area contributed by atoms with E-state index in [1.165, 1.54) is 6.07 Å². The van der Waals surface area contributed by atoms with Crippen LogP contribution >= 0.6 is 0 Å². The number of halogens is 1. The minimum Gasteiger partial charge on any atom is -0.494 e. The molecule has 0 saturated heterocycles. The summed E-state index contributed by atoms with van der Waals surface area (Å²) in [4.78, 5) is 0. The molecule has 0 aliphatic carbocycles. The second-order valence-corrected chi connectivity index (χ2v) is 4.65. The third-order valence-electron chi connectivity index (χ3n) is 3.27. The molecule has 0 radical (unpaired) electrons. The van der Waals surface area contributed by atoms with Gasteiger partial charge in [-0.25, -0.2) is 4.39 Å². The number of hydrogen-bond acceptors (Lipinski definition) is 2. The molecular weight excluding hydrogens is 253 g/mol. The van der Waals surface area contributed by atoms with Crippen molar-refractivity contribution in [3.8, 4) is 5.75 Å². The number of para-hydroxylation sites is 1. The smallest absolute Gasteiger partial charge is 0.124 e. The summed E-state index contributed by atoms with van der Waals surface area (Å²) in [6.07, 6.45) is 0.721. The molecule has 0 spiro atoms. The Labute approximate surface area is 119 Å². The Kier molecular flexibility index (Phi) is 5.13. The van der Waals surface area contributed by atoms with Gasteiger partial charge in [-0.2, -0.15) is 0 Å². The highest BCUT2D eigenvalue weighted by atomic mass is 19.1. The van der Waals surface area contributed by atoms with Crippen LogP contribution in [0.3, 0.4) is 0 Å². The maximum atomic E-state index is 13.3. The fraction of sp³-hybridized carbons (Fsp3) is 0.294. The molecule has 0 bridgehead atoms. The van der Waals surface area contributed by atoms with Crippen LogP contribution in [0.1, 0.15) is 24.1 Å². The van der Waals surface area contributed by atoms with Gasteiger partial charge in [-0.05, 0) is 44.2 Å². The van der Waals surface area contributed by atoms with Crippen molar-refractivity contribution >= 4 is 0 Å². The number of nitrogens with one attached hydrogen (secondary N) is 1. The third-order valence-corrected chi connectivity index (χ3v) is 3.27. The van der Waals surface area contributed by atoms with Gasteiger partial charge >= 0.3 is 0 Å². The quantitative estimate of drug-likeness (QED) is 0.866. The predicted octanol–water partition coefficient (Wildman–Crippen LogP) is 3.73. The minimum absolute atomic E-state index is 0.0968. The molecule has 0 aromatic heterocycles. The Hall–Kier alpha value is -1.87. The summed E-state index contributed by atoms with van der Waals surface area (Å²) in [6, 6.07) is 14.8. The molecule has 2 aromatic carbocycles. The third kappa shape index (κ3) is 3.58. The Morgan fingerprint density at radius 1 is 1.15 bits per heavy atom. The Morgan fingerprint density at radius 3 is 2.65 bits per heavy atom. The van der Waals surface area contributed by atoms with E-state index in [4.69, 9.17) is 4.74 Å².